The maximum Gasteiger partial charge on any atom is 0.434 e. The molecule has 0 aliphatic heterocycles. The lowest BCUT2D eigenvalue weighted by atomic mass is 9.96. The summed E-state index contributed by atoms with van der Waals surface area (Å²) in [6.07, 6.45) is 2.24. The van der Waals surface area contributed by atoms with E-state index in [-0.39, 0.29) is 19.0 Å². The van der Waals surface area contributed by atoms with Crippen LogP contribution >= 0.6 is 0 Å². The van der Waals surface area contributed by atoms with Gasteiger partial charge in [0.25, 0.3) is 0 Å². The zero-order chi connectivity index (χ0) is 21.5. The fraction of sp³-hybridized carbons (Fsp3) is 0.812. The van der Waals surface area contributed by atoms with Crippen molar-refractivity contribution in [3.05, 3.63) is 32.3 Å². The summed E-state index contributed by atoms with van der Waals surface area (Å²) in [5.74, 6) is -0.307. The van der Waals surface area contributed by atoms with Crippen LogP contribution in [0.3, 0.4) is 0 Å². The average Bonchev–Trinajstić information content (AvgIpc) is 3.10. The van der Waals surface area contributed by atoms with Gasteiger partial charge in [-0.2, -0.15) is 15.3 Å². The summed E-state index contributed by atoms with van der Waals surface area (Å²) in [6.45, 7) is 10.9. The van der Waals surface area contributed by atoms with E-state index in [4.69, 9.17) is 4.84 Å². The molecule has 1 heterocycles. The molecule has 12 heteroatoms. The Balaban J connectivity index is 2.93. The summed E-state index contributed by atoms with van der Waals surface area (Å²) in [4.78, 5) is 41.7. The Morgan fingerprint density at radius 3 is 2.32 bits per heavy atom. The number of aromatic nitrogens is 2. The molecule has 2 unspecified atom stereocenters. The molecule has 2 N–H and O–H groups in total. The van der Waals surface area contributed by atoms with E-state index in [2.05, 4.69) is 26.1 Å². The third kappa shape index (κ3) is 6.39. The van der Waals surface area contributed by atoms with Gasteiger partial charge in [0, 0.05) is 12.1 Å². The molecule has 28 heavy (non-hydrogen) atoms. The molecule has 0 fully saturated rings. The zero-order valence-electron chi connectivity index (χ0n) is 17.1. The van der Waals surface area contributed by atoms with Crippen LogP contribution in [0.15, 0.2) is 22.7 Å². The third-order valence-corrected chi connectivity index (χ3v) is 4.94. The summed E-state index contributed by atoms with van der Waals surface area (Å²) in [5.41, 5.74) is 1.46. The van der Waals surface area contributed by atoms with E-state index < -0.39 is 34.2 Å². The molecule has 1 rings (SSSR count). The second-order valence-electron chi connectivity index (χ2n) is 7.87. The van der Waals surface area contributed by atoms with Gasteiger partial charge in [0.15, 0.2) is 0 Å². The van der Waals surface area contributed by atoms with Crippen LogP contribution in [0.1, 0.15) is 41.5 Å². The molecule has 0 aliphatic carbocycles. The lowest BCUT2D eigenvalue weighted by Crippen LogP contribution is -2.54. The molecule has 3 atom stereocenters. The van der Waals surface area contributed by atoms with Crippen LogP contribution in [-0.2, 0) is 11.4 Å². The highest BCUT2D eigenvalue weighted by Gasteiger charge is 2.31. The molecule has 0 bridgehead atoms. The van der Waals surface area contributed by atoms with Crippen LogP contribution in [0.5, 0.6) is 0 Å². The number of imidazole rings is 1. The lowest BCUT2D eigenvalue weighted by molar-refractivity contribution is -0.397. The fourth-order valence-electron chi connectivity index (χ4n) is 2.09. The average molecular weight is 399 g/mol. The van der Waals surface area contributed by atoms with Crippen molar-refractivity contribution >= 4 is 5.95 Å². The van der Waals surface area contributed by atoms with Crippen molar-refractivity contribution in [2.75, 3.05) is 6.54 Å². The van der Waals surface area contributed by atoms with Crippen LogP contribution in [0.2, 0.25) is 0 Å². The molecule has 12 nitrogen and oxygen atoms in total. The number of hydrogen-bond acceptors (Lipinski definition) is 10. The highest BCUT2D eigenvalue weighted by atomic mass is 16.7. The molecular weight excluding hydrogens is 370 g/mol. The van der Waals surface area contributed by atoms with Crippen molar-refractivity contribution in [3.8, 4) is 0 Å². The monoisotopic (exact) mass is 399 g/mol. The molecule has 0 aliphatic rings. The quantitative estimate of drug-likeness (QED) is 0.290. The lowest BCUT2D eigenvalue weighted by Gasteiger charge is -2.33. The number of nitro groups is 1. The Morgan fingerprint density at radius 1 is 1.21 bits per heavy atom. The van der Waals surface area contributed by atoms with E-state index in [1.807, 2.05) is 13.8 Å². The Morgan fingerprint density at radius 2 is 1.79 bits per heavy atom. The van der Waals surface area contributed by atoms with Gasteiger partial charge in [0.2, 0.25) is 0 Å². The number of nitrogens with zero attached hydrogens (tertiary/aromatic N) is 5. The topological polar surface area (TPSA) is 153 Å². The van der Waals surface area contributed by atoms with Gasteiger partial charge in [0.1, 0.15) is 37.1 Å². The summed E-state index contributed by atoms with van der Waals surface area (Å²) in [6, 6.07) is -1.07. The second kappa shape index (κ2) is 9.75. The van der Waals surface area contributed by atoms with Crippen LogP contribution in [0, 0.1) is 19.9 Å². The molecule has 0 saturated carbocycles. The van der Waals surface area contributed by atoms with E-state index in [0.717, 1.165) is 0 Å². The fourth-order valence-corrected chi connectivity index (χ4v) is 2.09. The van der Waals surface area contributed by atoms with Crippen molar-refractivity contribution in [1.82, 2.24) is 20.3 Å². The Labute approximate surface area is 163 Å². The summed E-state index contributed by atoms with van der Waals surface area (Å²) in [7, 11) is 0. The van der Waals surface area contributed by atoms with Gasteiger partial charge in [-0.05, 0) is 46.5 Å². The van der Waals surface area contributed by atoms with E-state index in [0.29, 0.717) is 0 Å². The Hall–Kier alpha value is -2.31. The van der Waals surface area contributed by atoms with Crippen molar-refractivity contribution in [1.29, 1.82) is 0 Å². The highest BCUT2D eigenvalue weighted by molar-refractivity contribution is 5.06. The first-order valence-corrected chi connectivity index (χ1v) is 8.93. The first-order valence-electron chi connectivity index (χ1n) is 8.93. The van der Waals surface area contributed by atoms with Crippen molar-refractivity contribution < 1.29 is 9.76 Å². The number of hydrogen-bond donors (Lipinski definition) is 2. The smallest absolute Gasteiger partial charge is 0.390 e. The minimum Gasteiger partial charge on any atom is -0.390 e. The molecule has 0 saturated heterocycles. The SMILES string of the molecule is CC(N=O)C(C)(C)NC[C@@H](Cn1ccnc1[N+](=O)[O-])ONC(C)(C)C(C)N=O. The van der Waals surface area contributed by atoms with Crippen molar-refractivity contribution in [3.63, 3.8) is 0 Å². The van der Waals surface area contributed by atoms with Crippen molar-refractivity contribution in [2.45, 2.75) is 77.4 Å². The molecular formula is C16H29N7O5. The molecule has 1 aromatic rings. The molecule has 0 radical (unpaired) electrons. The van der Waals surface area contributed by atoms with E-state index in [9.17, 15) is 19.9 Å². The van der Waals surface area contributed by atoms with E-state index in [1.54, 1.807) is 27.7 Å². The molecule has 0 aromatic carbocycles. The van der Waals surface area contributed by atoms with Crippen LogP contribution in [0.4, 0.5) is 5.95 Å². The van der Waals surface area contributed by atoms with Gasteiger partial charge < -0.3 is 15.4 Å². The Kier molecular flexibility index (Phi) is 8.27. The van der Waals surface area contributed by atoms with Gasteiger partial charge in [0.05, 0.1) is 5.54 Å². The first-order chi connectivity index (χ1) is 12.9. The molecule has 0 spiro atoms. The third-order valence-electron chi connectivity index (χ3n) is 4.94. The van der Waals surface area contributed by atoms with Crippen LogP contribution < -0.4 is 10.8 Å². The predicted molar refractivity (Wildman–Crippen MR) is 104 cm³/mol. The van der Waals surface area contributed by atoms with Crippen molar-refractivity contribution in [2.24, 2.45) is 10.4 Å². The minimum atomic E-state index is -0.756. The first kappa shape index (κ1) is 23.7. The zero-order valence-corrected chi connectivity index (χ0v) is 17.1. The van der Waals surface area contributed by atoms with Gasteiger partial charge in [-0.3, -0.25) is 4.84 Å². The van der Waals surface area contributed by atoms with Gasteiger partial charge in [-0.15, -0.1) is 0 Å². The minimum absolute atomic E-state index is 0.119. The van der Waals surface area contributed by atoms with Gasteiger partial charge in [-0.25, -0.2) is 4.57 Å². The maximum absolute atomic E-state index is 11.1. The van der Waals surface area contributed by atoms with E-state index in [1.165, 1.54) is 17.0 Å². The van der Waals surface area contributed by atoms with Crippen LogP contribution in [-0.4, -0.2) is 50.3 Å². The van der Waals surface area contributed by atoms with Gasteiger partial charge in [-0.1, -0.05) is 15.3 Å². The van der Waals surface area contributed by atoms with Gasteiger partial charge >= 0.3 is 5.95 Å². The number of hydroxylamine groups is 1. The van der Waals surface area contributed by atoms with E-state index >= 15 is 0 Å². The Bertz CT molecular complexity index is 646. The maximum atomic E-state index is 11.1. The second-order valence-corrected chi connectivity index (χ2v) is 7.87. The highest BCUT2D eigenvalue weighted by Crippen LogP contribution is 2.16. The summed E-state index contributed by atoms with van der Waals surface area (Å²) >= 11 is 0. The largest absolute Gasteiger partial charge is 0.434 e. The normalized spacial score (nSPS) is 15.6. The molecule has 1 aromatic heterocycles. The number of rotatable bonds is 13. The molecule has 0 amide bonds. The number of nitroso groups, excluding NO2 is 2. The molecule has 158 valence electrons. The summed E-state index contributed by atoms with van der Waals surface area (Å²) < 4.78 is 1.36. The predicted octanol–water partition coefficient (Wildman–Crippen LogP) is 2.14. The standard InChI is InChI=1S/C16H29N7O5/c1-11(19-24)15(3,4)18-9-13(28-21-16(5,6)12(2)20-25)10-22-8-7-17-14(22)23(26)27/h7-8,11-13,18,21H,9-10H2,1-6H3/t11?,12?,13-/m0/s1. The number of nitrogens with one attached hydrogen (secondary N) is 2. The van der Waals surface area contributed by atoms with Crippen LogP contribution in [0.25, 0.3) is 0 Å². The summed E-state index contributed by atoms with van der Waals surface area (Å²) in [5, 5.41) is 20.4.